The van der Waals surface area contributed by atoms with Crippen LogP contribution in [0.2, 0.25) is 0 Å². The summed E-state index contributed by atoms with van der Waals surface area (Å²) >= 11 is 0. The number of nitrogens with zero attached hydrogens (tertiary/aromatic N) is 3. The third-order valence-electron chi connectivity index (χ3n) is 3.79. The largest absolute Gasteiger partial charge is 0.294 e. The maximum atomic E-state index is 12.2. The number of hydrogen-bond donors (Lipinski definition) is 0. The third-order valence-corrected chi connectivity index (χ3v) is 3.79. The number of nitriles is 1. The molecule has 0 N–H and O–H groups in total. The molecule has 0 saturated carbocycles. The molecule has 4 nitrogen and oxygen atoms in total. The van der Waals surface area contributed by atoms with Crippen LogP contribution >= 0.6 is 0 Å². The SMILES string of the molecule is CC(=O)c1c(-c2ccccc2)nn2c(C)cc(C)c(C#N)c12. The lowest BCUT2D eigenvalue weighted by Crippen LogP contribution is -2.00. The second-order valence-corrected chi connectivity index (χ2v) is 5.36. The number of benzene rings is 1. The average molecular weight is 289 g/mol. The Bertz CT molecular complexity index is 931. The van der Waals surface area contributed by atoms with E-state index >= 15 is 0 Å². The number of ketones is 1. The van der Waals surface area contributed by atoms with Crippen molar-refractivity contribution in [2.75, 3.05) is 0 Å². The zero-order valence-corrected chi connectivity index (χ0v) is 12.7. The van der Waals surface area contributed by atoms with Gasteiger partial charge in [-0.3, -0.25) is 4.79 Å². The quantitative estimate of drug-likeness (QED) is 0.676. The lowest BCUT2D eigenvalue weighted by atomic mass is 10.00. The van der Waals surface area contributed by atoms with Crippen LogP contribution in [-0.2, 0) is 0 Å². The lowest BCUT2D eigenvalue weighted by Gasteiger charge is -2.05. The van der Waals surface area contributed by atoms with Gasteiger partial charge < -0.3 is 0 Å². The predicted octanol–water partition coefficient (Wildman–Crippen LogP) is 3.69. The minimum absolute atomic E-state index is 0.0876. The van der Waals surface area contributed by atoms with E-state index in [1.54, 1.807) is 4.52 Å². The van der Waals surface area contributed by atoms with Gasteiger partial charge in [0, 0.05) is 11.3 Å². The Hall–Kier alpha value is -2.93. The highest BCUT2D eigenvalue weighted by molar-refractivity contribution is 6.07. The van der Waals surface area contributed by atoms with Crippen LogP contribution in [0.3, 0.4) is 0 Å². The maximum absolute atomic E-state index is 12.2. The minimum Gasteiger partial charge on any atom is -0.294 e. The first-order valence-electron chi connectivity index (χ1n) is 7.04. The van der Waals surface area contributed by atoms with Crippen LogP contribution in [0, 0.1) is 25.2 Å². The van der Waals surface area contributed by atoms with E-state index in [-0.39, 0.29) is 5.78 Å². The second-order valence-electron chi connectivity index (χ2n) is 5.36. The molecule has 22 heavy (non-hydrogen) atoms. The van der Waals surface area contributed by atoms with Crippen LogP contribution in [0.1, 0.15) is 34.1 Å². The fourth-order valence-corrected chi connectivity index (χ4v) is 2.81. The molecule has 3 rings (SSSR count). The molecule has 0 spiro atoms. The van der Waals surface area contributed by atoms with Gasteiger partial charge in [0.25, 0.3) is 0 Å². The molecular formula is C18H15N3O. The topological polar surface area (TPSA) is 58.2 Å². The molecule has 0 amide bonds. The Balaban J connectivity index is 2.51. The smallest absolute Gasteiger partial charge is 0.164 e. The monoisotopic (exact) mass is 289 g/mol. The van der Waals surface area contributed by atoms with Gasteiger partial charge in [0.15, 0.2) is 5.78 Å². The summed E-state index contributed by atoms with van der Waals surface area (Å²) in [4.78, 5) is 12.2. The molecule has 3 aromatic rings. The number of Topliss-reactive ketones (excluding diaryl/α,β-unsaturated/α-hetero) is 1. The number of carbonyl (C=O) groups is 1. The summed E-state index contributed by atoms with van der Waals surface area (Å²) in [7, 11) is 0. The Morgan fingerprint density at radius 3 is 2.50 bits per heavy atom. The number of rotatable bonds is 2. The van der Waals surface area contributed by atoms with E-state index in [1.807, 2.05) is 50.2 Å². The Morgan fingerprint density at radius 1 is 1.23 bits per heavy atom. The summed E-state index contributed by atoms with van der Waals surface area (Å²) in [6, 6.07) is 13.7. The molecular weight excluding hydrogens is 274 g/mol. The third kappa shape index (κ3) is 1.99. The summed E-state index contributed by atoms with van der Waals surface area (Å²) in [5.41, 5.74) is 4.87. The van der Waals surface area contributed by atoms with Gasteiger partial charge in [-0.2, -0.15) is 10.4 Å². The van der Waals surface area contributed by atoms with E-state index in [1.165, 1.54) is 6.92 Å². The Morgan fingerprint density at radius 2 is 1.91 bits per heavy atom. The van der Waals surface area contributed by atoms with E-state index < -0.39 is 0 Å². The number of carbonyl (C=O) groups excluding carboxylic acids is 1. The highest BCUT2D eigenvalue weighted by atomic mass is 16.1. The van der Waals surface area contributed by atoms with Gasteiger partial charge in [-0.1, -0.05) is 30.3 Å². The molecule has 0 aliphatic carbocycles. The molecule has 0 unspecified atom stereocenters. The highest BCUT2D eigenvalue weighted by Crippen LogP contribution is 2.30. The summed E-state index contributed by atoms with van der Waals surface area (Å²) in [5, 5.41) is 14.1. The molecule has 0 radical (unpaired) electrons. The summed E-state index contributed by atoms with van der Waals surface area (Å²) in [6.45, 7) is 5.32. The molecule has 1 aromatic carbocycles. The summed E-state index contributed by atoms with van der Waals surface area (Å²) in [6.07, 6.45) is 0. The Kier molecular flexibility index (Phi) is 3.26. The molecule has 0 aliphatic heterocycles. The number of aryl methyl sites for hydroxylation is 2. The fourth-order valence-electron chi connectivity index (χ4n) is 2.81. The van der Waals surface area contributed by atoms with E-state index in [9.17, 15) is 10.1 Å². The standard InChI is InChI=1S/C18H15N3O/c1-11-9-12(2)21-18(15(11)10-19)16(13(3)22)17(20-21)14-7-5-4-6-8-14/h4-9H,1-3H3. The fraction of sp³-hybridized carbons (Fsp3) is 0.167. The number of aromatic nitrogens is 2. The van der Waals surface area contributed by atoms with Gasteiger partial charge in [0.05, 0.1) is 16.6 Å². The van der Waals surface area contributed by atoms with Crippen molar-refractivity contribution in [2.45, 2.75) is 20.8 Å². The zero-order chi connectivity index (χ0) is 15.9. The van der Waals surface area contributed by atoms with Crippen LogP contribution in [0.4, 0.5) is 0 Å². The van der Waals surface area contributed by atoms with E-state index in [4.69, 9.17) is 0 Å². The van der Waals surface area contributed by atoms with Crippen LogP contribution in [0.25, 0.3) is 16.8 Å². The van der Waals surface area contributed by atoms with Crippen LogP contribution in [0.5, 0.6) is 0 Å². The minimum atomic E-state index is -0.0876. The van der Waals surface area contributed by atoms with Crippen molar-refractivity contribution in [3.63, 3.8) is 0 Å². The van der Waals surface area contributed by atoms with Crippen molar-refractivity contribution < 1.29 is 4.79 Å². The first-order valence-corrected chi connectivity index (χ1v) is 7.04. The molecule has 108 valence electrons. The molecule has 0 bridgehead atoms. The number of hydrogen-bond acceptors (Lipinski definition) is 3. The van der Waals surface area contributed by atoms with Gasteiger partial charge in [0.2, 0.25) is 0 Å². The van der Waals surface area contributed by atoms with Gasteiger partial charge >= 0.3 is 0 Å². The normalized spacial score (nSPS) is 10.6. The van der Waals surface area contributed by atoms with Crippen LogP contribution in [-0.4, -0.2) is 15.4 Å². The Labute approximate surface area is 128 Å². The molecule has 2 heterocycles. The van der Waals surface area contributed by atoms with Crippen molar-refractivity contribution in [3.05, 3.63) is 58.8 Å². The van der Waals surface area contributed by atoms with E-state index in [2.05, 4.69) is 11.2 Å². The van der Waals surface area contributed by atoms with Gasteiger partial charge in [-0.15, -0.1) is 0 Å². The molecule has 0 aliphatic rings. The number of pyridine rings is 1. The first-order chi connectivity index (χ1) is 10.5. The van der Waals surface area contributed by atoms with Crippen molar-refractivity contribution >= 4 is 11.3 Å². The predicted molar refractivity (Wildman–Crippen MR) is 84.8 cm³/mol. The molecule has 0 atom stereocenters. The van der Waals surface area contributed by atoms with Gasteiger partial charge in [-0.25, -0.2) is 4.52 Å². The maximum Gasteiger partial charge on any atom is 0.164 e. The van der Waals surface area contributed by atoms with Crippen molar-refractivity contribution in [1.82, 2.24) is 9.61 Å². The molecule has 0 fully saturated rings. The van der Waals surface area contributed by atoms with Crippen LogP contribution in [0.15, 0.2) is 36.4 Å². The lowest BCUT2D eigenvalue weighted by molar-refractivity contribution is 0.102. The summed E-state index contributed by atoms with van der Waals surface area (Å²) < 4.78 is 1.70. The van der Waals surface area contributed by atoms with E-state index in [0.717, 1.165) is 16.8 Å². The molecule has 0 saturated heterocycles. The molecule has 4 heteroatoms. The highest BCUT2D eigenvalue weighted by Gasteiger charge is 2.22. The van der Waals surface area contributed by atoms with Crippen molar-refractivity contribution in [2.24, 2.45) is 0 Å². The van der Waals surface area contributed by atoms with Crippen molar-refractivity contribution in [3.8, 4) is 17.3 Å². The average Bonchev–Trinajstić information content (AvgIpc) is 2.89. The van der Waals surface area contributed by atoms with Gasteiger partial charge in [0.1, 0.15) is 11.8 Å². The zero-order valence-electron chi connectivity index (χ0n) is 12.7. The number of fused-ring (bicyclic) bond motifs is 1. The van der Waals surface area contributed by atoms with Crippen molar-refractivity contribution in [1.29, 1.82) is 5.26 Å². The molecule has 2 aromatic heterocycles. The first kappa shape index (κ1) is 14.0. The second kappa shape index (κ2) is 5.12. The van der Waals surface area contributed by atoms with E-state index in [0.29, 0.717) is 22.3 Å². The summed E-state index contributed by atoms with van der Waals surface area (Å²) in [5.74, 6) is -0.0876. The van der Waals surface area contributed by atoms with Crippen LogP contribution < -0.4 is 0 Å². The van der Waals surface area contributed by atoms with Gasteiger partial charge in [-0.05, 0) is 32.4 Å².